The van der Waals surface area contributed by atoms with Crippen molar-refractivity contribution in [1.82, 2.24) is 5.32 Å². The molecular weight excluding hydrogens is 328 g/mol. The number of rotatable bonds is 5. The molecule has 1 aliphatic rings. The predicted molar refractivity (Wildman–Crippen MR) is 88.3 cm³/mol. The molecule has 3 N–H and O–H groups in total. The lowest BCUT2D eigenvalue weighted by Gasteiger charge is -2.22. The number of carbonyl (C=O) groups excluding carboxylic acids is 2. The van der Waals surface area contributed by atoms with Crippen molar-refractivity contribution in [3.63, 3.8) is 0 Å². The van der Waals surface area contributed by atoms with E-state index in [-0.39, 0.29) is 29.9 Å². The first-order chi connectivity index (χ1) is 11.6. The molecule has 1 aromatic carbocycles. The van der Waals surface area contributed by atoms with Crippen LogP contribution in [0.5, 0.6) is 5.75 Å². The van der Waals surface area contributed by atoms with Gasteiger partial charge >= 0.3 is 11.9 Å². The minimum atomic E-state index is -1.04. The molecule has 0 amide bonds. The standard InChI is InChI=1S/C17H24N2O6/c1-17(2,3)25-16(21)14-9-4-11(18-14)10-15(20)24-13-7-5-12(6-8-13)19(22)23/h5-8,11,14,18-19,22H,4,9-10H2,1-3H3. The lowest BCUT2D eigenvalue weighted by molar-refractivity contribution is -0.991. The monoisotopic (exact) mass is 352 g/mol. The van der Waals surface area contributed by atoms with E-state index in [1.54, 1.807) is 0 Å². The molecule has 0 aliphatic carbocycles. The van der Waals surface area contributed by atoms with Crippen LogP contribution in [0.3, 0.4) is 0 Å². The second kappa shape index (κ2) is 7.92. The molecule has 8 nitrogen and oxygen atoms in total. The molecule has 138 valence electrons. The summed E-state index contributed by atoms with van der Waals surface area (Å²) in [5.74, 6) is -0.463. The van der Waals surface area contributed by atoms with Crippen LogP contribution < -0.4 is 15.3 Å². The van der Waals surface area contributed by atoms with Crippen molar-refractivity contribution >= 4 is 17.6 Å². The number of carbonyl (C=O) groups is 2. The maximum Gasteiger partial charge on any atom is 0.323 e. The third kappa shape index (κ3) is 6.09. The number of quaternary nitrogens is 1. The highest BCUT2D eigenvalue weighted by atomic mass is 16.8. The highest BCUT2D eigenvalue weighted by Crippen LogP contribution is 2.20. The molecule has 1 fully saturated rings. The first-order valence-corrected chi connectivity index (χ1v) is 8.17. The fourth-order valence-electron chi connectivity index (χ4n) is 2.58. The number of hydrogen-bond donors (Lipinski definition) is 3. The summed E-state index contributed by atoms with van der Waals surface area (Å²) >= 11 is 0. The molecule has 0 spiro atoms. The van der Waals surface area contributed by atoms with E-state index < -0.39 is 22.8 Å². The fraction of sp³-hybridized carbons (Fsp3) is 0.529. The number of esters is 2. The van der Waals surface area contributed by atoms with E-state index >= 15 is 0 Å². The van der Waals surface area contributed by atoms with Crippen molar-refractivity contribution in [3.8, 4) is 5.75 Å². The molecule has 2 rings (SSSR count). The number of ether oxygens (including phenoxy) is 2. The Morgan fingerprint density at radius 1 is 1.28 bits per heavy atom. The van der Waals surface area contributed by atoms with Crippen molar-refractivity contribution in [1.29, 1.82) is 0 Å². The van der Waals surface area contributed by atoms with Crippen molar-refractivity contribution in [3.05, 3.63) is 29.5 Å². The normalized spacial score (nSPS) is 21.6. The third-order valence-electron chi connectivity index (χ3n) is 3.68. The zero-order chi connectivity index (χ0) is 18.6. The van der Waals surface area contributed by atoms with Gasteiger partial charge in [-0.2, -0.15) is 5.23 Å². The van der Waals surface area contributed by atoms with Gasteiger partial charge in [-0.3, -0.25) is 9.59 Å². The zero-order valence-corrected chi connectivity index (χ0v) is 14.6. The van der Waals surface area contributed by atoms with Gasteiger partial charge in [0, 0.05) is 18.2 Å². The van der Waals surface area contributed by atoms with Crippen molar-refractivity contribution in [2.75, 3.05) is 0 Å². The summed E-state index contributed by atoms with van der Waals surface area (Å²) in [6, 6.07) is 5.06. The van der Waals surface area contributed by atoms with E-state index in [9.17, 15) is 14.8 Å². The average molecular weight is 352 g/mol. The summed E-state index contributed by atoms with van der Waals surface area (Å²) in [7, 11) is 0. The molecule has 0 aromatic heterocycles. The van der Waals surface area contributed by atoms with E-state index in [0.717, 1.165) is 0 Å². The largest absolute Gasteiger partial charge is 0.595 e. The third-order valence-corrected chi connectivity index (χ3v) is 3.68. The van der Waals surface area contributed by atoms with Crippen LogP contribution in [0.15, 0.2) is 24.3 Å². The zero-order valence-electron chi connectivity index (χ0n) is 14.6. The second-order valence-electron chi connectivity index (χ2n) is 7.03. The summed E-state index contributed by atoms with van der Waals surface area (Å²) in [5.41, 5.74) is -0.421. The Morgan fingerprint density at radius 3 is 2.48 bits per heavy atom. The number of benzene rings is 1. The van der Waals surface area contributed by atoms with Crippen LogP contribution in [0.2, 0.25) is 0 Å². The molecule has 3 unspecified atom stereocenters. The van der Waals surface area contributed by atoms with E-state index in [1.165, 1.54) is 24.3 Å². The van der Waals surface area contributed by atoms with E-state index in [1.807, 2.05) is 20.8 Å². The van der Waals surface area contributed by atoms with Gasteiger partial charge in [-0.1, -0.05) is 0 Å². The number of nitrogens with one attached hydrogen (secondary N) is 2. The van der Waals surface area contributed by atoms with Crippen LogP contribution in [-0.4, -0.2) is 34.8 Å². The molecule has 0 saturated carbocycles. The Morgan fingerprint density at radius 2 is 1.92 bits per heavy atom. The molecule has 1 heterocycles. The van der Waals surface area contributed by atoms with Gasteiger partial charge in [0.1, 0.15) is 17.4 Å². The molecule has 1 aliphatic heterocycles. The van der Waals surface area contributed by atoms with Gasteiger partial charge in [0.25, 0.3) is 0 Å². The quantitative estimate of drug-likeness (QED) is 0.409. The van der Waals surface area contributed by atoms with Gasteiger partial charge < -0.3 is 20.0 Å². The number of hydrogen-bond acceptors (Lipinski definition) is 7. The Balaban J connectivity index is 1.80. The van der Waals surface area contributed by atoms with E-state index in [2.05, 4.69) is 5.32 Å². The Labute approximate surface area is 146 Å². The molecule has 0 bridgehead atoms. The maximum atomic E-state index is 12.0. The second-order valence-corrected chi connectivity index (χ2v) is 7.03. The molecule has 1 saturated heterocycles. The summed E-state index contributed by atoms with van der Waals surface area (Å²) in [6.07, 6.45) is 1.41. The van der Waals surface area contributed by atoms with E-state index in [0.29, 0.717) is 12.8 Å². The van der Waals surface area contributed by atoms with Gasteiger partial charge in [-0.15, -0.1) is 0 Å². The highest BCUT2D eigenvalue weighted by Gasteiger charge is 2.33. The van der Waals surface area contributed by atoms with Crippen molar-refractivity contribution < 1.29 is 29.5 Å². The fourth-order valence-corrected chi connectivity index (χ4v) is 2.58. The van der Waals surface area contributed by atoms with E-state index in [4.69, 9.17) is 14.7 Å². The molecule has 25 heavy (non-hydrogen) atoms. The highest BCUT2D eigenvalue weighted by molar-refractivity contribution is 5.77. The molecule has 8 heteroatoms. The average Bonchev–Trinajstić information content (AvgIpc) is 2.94. The minimum absolute atomic E-state index is 0.123. The van der Waals surface area contributed by atoms with Crippen molar-refractivity contribution in [2.45, 2.75) is 57.7 Å². The molecular formula is C17H24N2O6. The maximum absolute atomic E-state index is 12.0. The van der Waals surface area contributed by atoms with Crippen LogP contribution in [0.25, 0.3) is 0 Å². The van der Waals surface area contributed by atoms with Crippen molar-refractivity contribution in [2.24, 2.45) is 0 Å². The van der Waals surface area contributed by atoms with Gasteiger partial charge in [0.15, 0.2) is 5.69 Å². The summed E-state index contributed by atoms with van der Waals surface area (Å²) < 4.78 is 10.5. The van der Waals surface area contributed by atoms with Crippen LogP contribution in [0.1, 0.15) is 40.0 Å². The Bertz CT molecular complexity index is 609. The lowest BCUT2D eigenvalue weighted by Crippen LogP contribution is -2.99. The minimum Gasteiger partial charge on any atom is -0.595 e. The summed E-state index contributed by atoms with van der Waals surface area (Å²) in [4.78, 5) is 24.0. The smallest absolute Gasteiger partial charge is 0.323 e. The van der Waals surface area contributed by atoms with Crippen LogP contribution in [0.4, 0.5) is 5.69 Å². The first-order valence-electron chi connectivity index (χ1n) is 8.17. The van der Waals surface area contributed by atoms with Crippen LogP contribution in [-0.2, 0) is 14.3 Å². The Kier molecular flexibility index (Phi) is 6.12. The molecule has 3 atom stereocenters. The first kappa shape index (κ1) is 19.3. The van der Waals surface area contributed by atoms with Crippen LogP contribution >= 0.6 is 0 Å². The molecule has 1 aromatic rings. The summed E-state index contributed by atoms with van der Waals surface area (Å²) in [5, 5.41) is 21.7. The van der Waals surface area contributed by atoms with Crippen LogP contribution in [0, 0.1) is 5.21 Å². The molecule has 0 radical (unpaired) electrons. The van der Waals surface area contributed by atoms with Gasteiger partial charge in [-0.05, 0) is 45.7 Å². The van der Waals surface area contributed by atoms with Gasteiger partial charge in [0.2, 0.25) is 0 Å². The topological polar surface area (TPSA) is 112 Å². The van der Waals surface area contributed by atoms with Gasteiger partial charge in [-0.25, -0.2) is 5.21 Å². The summed E-state index contributed by atoms with van der Waals surface area (Å²) in [6.45, 7) is 5.43. The Hall–Kier alpha value is -2.00. The predicted octanol–water partition coefficient (Wildman–Crippen LogP) is 0.848. The lowest BCUT2D eigenvalue weighted by atomic mass is 10.1. The van der Waals surface area contributed by atoms with Gasteiger partial charge in [0.05, 0.1) is 6.42 Å². The SMILES string of the molecule is CC(C)(C)OC(=O)C1CCC(CC(=O)Oc2ccc([NH+]([O-])O)cc2)N1.